The monoisotopic (exact) mass is 336 g/mol. The molecule has 0 radical (unpaired) electrons. The molecule has 2 heterocycles. The predicted octanol–water partition coefficient (Wildman–Crippen LogP) is 4.90. The van der Waals surface area contributed by atoms with Crippen LogP contribution in [0.3, 0.4) is 0 Å². The number of halogens is 2. The highest BCUT2D eigenvalue weighted by Gasteiger charge is 2.15. The molecule has 3 nitrogen and oxygen atoms in total. The maximum atomic E-state index is 14.2. The van der Waals surface area contributed by atoms with Crippen molar-refractivity contribution in [1.82, 2.24) is 4.98 Å². The minimum absolute atomic E-state index is 0.253. The minimum Gasteiger partial charge on any atom is -0.459 e. The number of fused-ring (bicyclic) bond motifs is 1. The molecule has 0 fully saturated rings. The number of hydrogen-bond acceptors (Lipinski definition) is 3. The molecule has 25 heavy (non-hydrogen) atoms. The van der Waals surface area contributed by atoms with E-state index in [2.05, 4.69) is 4.98 Å². The Kier molecular flexibility index (Phi) is 3.78. The van der Waals surface area contributed by atoms with Gasteiger partial charge in [-0.3, -0.25) is 4.98 Å². The Morgan fingerprint density at radius 2 is 1.76 bits per heavy atom. The van der Waals surface area contributed by atoms with Crippen LogP contribution >= 0.6 is 0 Å². The van der Waals surface area contributed by atoms with Gasteiger partial charge in [-0.05, 0) is 48.0 Å². The molecule has 0 bridgehead atoms. The highest BCUT2D eigenvalue weighted by molar-refractivity contribution is 5.96. The number of benzene rings is 2. The average Bonchev–Trinajstić information content (AvgIpc) is 3.05. The van der Waals surface area contributed by atoms with E-state index < -0.39 is 5.82 Å². The second-order valence-corrected chi connectivity index (χ2v) is 5.70. The van der Waals surface area contributed by atoms with E-state index >= 15 is 0 Å². The van der Waals surface area contributed by atoms with Gasteiger partial charge in [0.05, 0.1) is 6.54 Å². The molecule has 2 aromatic heterocycles. The zero-order valence-corrected chi connectivity index (χ0v) is 13.2. The predicted molar refractivity (Wildman–Crippen MR) is 92.7 cm³/mol. The second kappa shape index (κ2) is 6.11. The number of rotatable bonds is 3. The summed E-state index contributed by atoms with van der Waals surface area (Å²) in [5.74, 6) is -0.111. The Morgan fingerprint density at radius 3 is 2.48 bits per heavy atom. The molecule has 0 atom stereocenters. The molecule has 4 rings (SSSR count). The summed E-state index contributed by atoms with van der Waals surface area (Å²) in [5.41, 5.74) is 8.68. The van der Waals surface area contributed by atoms with Gasteiger partial charge in [0.25, 0.3) is 0 Å². The van der Waals surface area contributed by atoms with Gasteiger partial charge >= 0.3 is 0 Å². The first-order valence-electron chi connectivity index (χ1n) is 7.79. The van der Waals surface area contributed by atoms with Crippen LogP contribution in [0.15, 0.2) is 65.2 Å². The van der Waals surface area contributed by atoms with Gasteiger partial charge in [0.15, 0.2) is 0 Å². The number of hydrogen-bond donors (Lipinski definition) is 1. The van der Waals surface area contributed by atoms with Gasteiger partial charge < -0.3 is 10.2 Å². The fourth-order valence-electron chi connectivity index (χ4n) is 2.89. The maximum Gasteiger partial charge on any atom is 0.149 e. The SMILES string of the molecule is NCc1cc2cc(-c3ncccc3F)cc(-c3ccc(F)cc3)c2o1. The van der Waals surface area contributed by atoms with E-state index in [1.165, 1.54) is 18.2 Å². The number of nitrogens with two attached hydrogens (primary N) is 1. The Hall–Kier alpha value is -3.05. The number of nitrogens with zero attached hydrogens (tertiary/aromatic N) is 1. The molecule has 0 saturated carbocycles. The lowest BCUT2D eigenvalue weighted by Gasteiger charge is -2.08. The molecule has 0 amide bonds. The van der Waals surface area contributed by atoms with Gasteiger partial charge in [-0.25, -0.2) is 8.78 Å². The summed E-state index contributed by atoms with van der Waals surface area (Å²) in [5, 5.41) is 0.794. The number of furan rings is 1. The fraction of sp³-hybridized carbons (Fsp3) is 0.0500. The van der Waals surface area contributed by atoms with Gasteiger partial charge in [0, 0.05) is 22.7 Å². The van der Waals surface area contributed by atoms with E-state index in [-0.39, 0.29) is 18.1 Å². The zero-order chi connectivity index (χ0) is 17.4. The third kappa shape index (κ3) is 2.79. The first-order valence-corrected chi connectivity index (χ1v) is 7.79. The van der Waals surface area contributed by atoms with Gasteiger partial charge in [-0.2, -0.15) is 0 Å². The van der Waals surface area contributed by atoms with Crippen molar-refractivity contribution >= 4 is 11.0 Å². The molecule has 0 aliphatic rings. The van der Waals surface area contributed by atoms with Crippen LogP contribution in [-0.4, -0.2) is 4.98 Å². The van der Waals surface area contributed by atoms with Crippen molar-refractivity contribution in [3.8, 4) is 22.4 Å². The molecular formula is C20H14F2N2O. The normalized spacial score (nSPS) is 11.2. The molecule has 2 N–H and O–H groups in total. The van der Waals surface area contributed by atoms with Crippen molar-refractivity contribution in [2.45, 2.75) is 6.54 Å². The first-order chi connectivity index (χ1) is 12.2. The quantitative estimate of drug-likeness (QED) is 0.579. The lowest BCUT2D eigenvalue weighted by molar-refractivity contribution is 0.553. The Morgan fingerprint density at radius 1 is 0.960 bits per heavy atom. The van der Waals surface area contributed by atoms with E-state index in [9.17, 15) is 8.78 Å². The van der Waals surface area contributed by atoms with E-state index in [1.807, 2.05) is 12.1 Å². The van der Waals surface area contributed by atoms with Crippen LogP contribution in [-0.2, 0) is 6.54 Å². The van der Waals surface area contributed by atoms with Crippen molar-refractivity contribution in [1.29, 1.82) is 0 Å². The van der Waals surface area contributed by atoms with Crippen LogP contribution < -0.4 is 5.73 Å². The molecule has 0 aliphatic heterocycles. The van der Waals surface area contributed by atoms with Crippen LogP contribution in [0.1, 0.15) is 5.76 Å². The van der Waals surface area contributed by atoms with Crippen molar-refractivity contribution in [2.24, 2.45) is 5.73 Å². The molecule has 0 spiro atoms. The molecular weight excluding hydrogens is 322 g/mol. The lowest BCUT2D eigenvalue weighted by Crippen LogP contribution is -1.92. The number of pyridine rings is 1. The highest BCUT2D eigenvalue weighted by atomic mass is 19.1. The molecule has 4 aromatic rings. The van der Waals surface area contributed by atoms with Gasteiger partial charge in [0.2, 0.25) is 0 Å². The zero-order valence-electron chi connectivity index (χ0n) is 13.2. The molecule has 5 heteroatoms. The van der Waals surface area contributed by atoms with Gasteiger partial charge in [-0.15, -0.1) is 0 Å². The van der Waals surface area contributed by atoms with E-state index in [0.29, 0.717) is 16.9 Å². The maximum absolute atomic E-state index is 14.2. The standard InChI is InChI=1S/C20H14F2N2O/c21-15-5-3-12(4-6-15)17-10-13(19-18(22)2-1-7-24-19)8-14-9-16(11-23)25-20(14)17/h1-10H,11,23H2. The van der Waals surface area contributed by atoms with Crippen LogP contribution in [0.2, 0.25) is 0 Å². The highest BCUT2D eigenvalue weighted by Crippen LogP contribution is 2.36. The lowest BCUT2D eigenvalue weighted by atomic mass is 9.98. The summed E-state index contributed by atoms with van der Waals surface area (Å²) < 4.78 is 33.3. The third-order valence-corrected chi connectivity index (χ3v) is 4.06. The third-order valence-electron chi connectivity index (χ3n) is 4.06. The first kappa shape index (κ1) is 15.5. The second-order valence-electron chi connectivity index (χ2n) is 5.70. The fourth-order valence-corrected chi connectivity index (χ4v) is 2.89. The summed E-state index contributed by atoms with van der Waals surface area (Å²) in [7, 11) is 0. The Balaban J connectivity index is 2.00. The average molecular weight is 336 g/mol. The van der Waals surface area contributed by atoms with Crippen LogP contribution in [0.5, 0.6) is 0 Å². The van der Waals surface area contributed by atoms with E-state index in [0.717, 1.165) is 16.5 Å². The van der Waals surface area contributed by atoms with Crippen LogP contribution in [0.25, 0.3) is 33.4 Å². The summed E-state index contributed by atoms with van der Waals surface area (Å²) in [6, 6.07) is 14.4. The summed E-state index contributed by atoms with van der Waals surface area (Å²) in [6.07, 6.45) is 1.54. The van der Waals surface area contributed by atoms with Crippen molar-refractivity contribution < 1.29 is 13.2 Å². The smallest absolute Gasteiger partial charge is 0.149 e. The summed E-state index contributed by atoms with van der Waals surface area (Å²) in [4.78, 5) is 4.14. The number of aromatic nitrogens is 1. The van der Waals surface area contributed by atoms with Crippen LogP contribution in [0.4, 0.5) is 8.78 Å². The largest absolute Gasteiger partial charge is 0.459 e. The molecule has 0 saturated heterocycles. The van der Waals surface area contributed by atoms with Crippen molar-refractivity contribution in [2.75, 3.05) is 0 Å². The molecule has 2 aromatic carbocycles. The van der Waals surface area contributed by atoms with Crippen molar-refractivity contribution in [3.05, 3.63) is 78.2 Å². The topological polar surface area (TPSA) is 52.0 Å². The van der Waals surface area contributed by atoms with Gasteiger partial charge in [-0.1, -0.05) is 12.1 Å². The van der Waals surface area contributed by atoms with Crippen LogP contribution in [0, 0.1) is 11.6 Å². The minimum atomic E-state index is -0.408. The molecule has 0 aliphatic carbocycles. The summed E-state index contributed by atoms with van der Waals surface area (Å²) in [6.45, 7) is 0.255. The molecule has 0 unspecified atom stereocenters. The van der Waals surface area contributed by atoms with E-state index in [4.69, 9.17) is 10.2 Å². The molecule has 124 valence electrons. The Bertz CT molecular complexity index is 1060. The Labute approximate surface area is 142 Å². The van der Waals surface area contributed by atoms with Gasteiger partial charge in [0.1, 0.15) is 28.7 Å². The van der Waals surface area contributed by atoms with Crippen molar-refractivity contribution in [3.63, 3.8) is 0 Å². The van der Waals surface area contributed by atoms with E-state index in [1.54, 1.807) is 30.5 Å². The summed E-state index contributed by atoms with van der Waals surface area (Å²) >= 11 is 0.